The lowest BCUT2D eigenvalue weighted by Gasteiger charge is -2.35. The van der Waals surface area contributed by atoms with Gasteiger partial charge in [0.05, 0.1) is 27.9 Å². The van der Waals surface area contributed by atoms with Crippen molar-refractivity contribution in [3.05, 3.63) is 52.5 Å². The molecule has 1 N–H and O–H groups in total. The van der Waals surface area contributed by atoms with Crippen LogP contribution in [0.2, 0.25) is 5.02 Å². The highest BCUT2D eigenvalue weighted by atomic mass is 35.5. The third-order valence-corrected chi connectivity index (χ3v) is 5.13. The average Bonchev–Trinajstić information content (AvgIpc) is 2.73. The van der Waals surface area contributed by atoms with Gasteiger partial charge in [0, 0.05) is 17.3 Å². The summed E-state index contributed by atoms with van der Waals surface area (Å²) in [5, 5.41) is 3.41. The van der Waals surface area contributed by atoms with E-state index in [1.165, 1.54) is 7.11 Å². The lowest BCUT2D eigenvalue weighted by molar-refractivity contribution is -0.148. The van der Waals surface area contributed by atoms with Crippen molar-refractivity contribution in [3.63, 3.8) is 0 Å². The highest BCUT2D eigenvalue weighted by molar-refractivity contribution is 6.30. The Morgan fingerprint density at radius 2 is 1.69 bits per heavy atom. The fourth-order valence-corrected chi connectivity index (χ4v) is 3.55. The molecule has 0 unspecified atom stereocenters. The predicted molar refractivity (Wildman–Crippen MR) is 110 cm³/mol. The van der Waals surface area contributed by atoms with Gasteiger partial charge in [0.1, 0.15) is 6.04 Å². The first-order valence-corrected chi connectivity index (χ1v) is 9.44. The number of carbonyl (C=O) groups is 2. The van der Waals surface area contributed by atoms with Crippen molar-refractivity contribution in [3.8, 4) is 11.5 Å². The van der Waals surface area contributed by atoms with Gasteiger partial charge in [0.2, 0.25) is 5.91 Å². The molecule has 0 aliphatic carbocycles. The van der Waals surface area contributed by atoms with E-state index in [2.05, 4.69) is 5.32 Å². The second kappa shape index (κ2) is 9.15. The number of amides is 1. The normalized spacial score (nSPS) is 15.9. The molecule has 7 nitrogen and oxygen atoms in total. The van der Waals surface area contributed by atoms with Gasteiger partial charge in [-0.3, -0.25) is 14.5 Å². The highest BCUT2D eigenvalue weighted by Gasteiger charge is 2.34. The highest BCUT2D eigenvalue weighted by Crippen LogP contribution is 2.35. The predicted octanol–water partition coefficient (Wildman–Crippen LogP) is 2.90. The van der Waals surface area contributed by atoms with Gasteiger partial charge in [-0.25, -0.2) is 0 Å². The molecule has 1 aliphatic heterocycles. The van der Waals surface area contributed by atoms with E-state index in [1.54, 1.807) is 43.4 Å². The molecule has 0 aromatic heterocycles. The first-order chi connectivity index (χ1) is 13.9. The molecule has 1 amide bonds. The van der Waals surface area contributed by atoms with Gasteiger partial charge >= 0.3 is 5.97 Å². The number of nitrogens with zero attached hydrogens (tertiary/aromatic N) is 1. The van der Waals surface area contributed by atoms with Crippen molar-refractivity contribution in [1.82, 2.24) is 4.90 Å². The molecule has 0 fully saturated rings. The number of rotatable bonds is 6. The standard InChI is InChI=1S/C21H23ClN2O5/c1-27-18-9-13-8-17(21(26)29-3)24(11-14(13)10-19(18)28-2)12-20(25)23-16-6-4-15(22)5-7-16/h4-7,9-10,17H,8,11-12H2,1-3H3,(H,23,25)/t17-/m1/s1. The SMILES string of the molecule is COC(=O)[C@H]1Cc2cc(OC)c(OC)cc2CN1CC(=O)Nc1ccc(Cl)cc1. The molecule has 1 aliphatic rings. The van der Waals surface area contributed by atoms with E-state index < -0.39 is 6.04 Å². The zero-order chi connectivity index (χ0) is 21.0. The van der Waals surface area contributed by atoms with Crippen LogP contribution in [0.5, 0.6) is 11.5 Å². The second-order valence-electron chi connectivity index (χ2n) is 6.68. The van der Waals surface area contributed by atoms with Crippen LogP contribution in [-0.2, 0) is 27.3 Å². The van der Waals surface area contributed by atoms with E-state index in [1.807, 2.05) is 12.1 Å². The Hall–Kier alpha value is -2.77. The third-order valence-electron chi connectivity index (χ3n) is 4.88. The first kappa shape index (κ1) is 21.0. The summed E-state index contributed by atoms with van der Waals surface area (Å²) in [5.41, 5.74) is 2.58. The van der Waals surface area contributed by atoms with Crippen LogP contribution in [0, 0.1) is 0 Å². The number of esters is 1. The summed E-state index contributed by atoms with van der Waals surface area (Å²) in [6.45, 7) is 0.444. The van der Waals surface area contributed by atoms with Gasteiger partial charge in [-0.15, -0.1) is 0 Å². The molecule has 0 saturated heterocycles. The molecule has 8 heteroatoms. The molecule has 2 aromatic rings. The van der Waals surface area contributed by atoms with Crippen LogP contribution in [0.3, 0.4) is 0 Å². The Kier molecular flexibility index (Phi) is 6.61. The first-order valence-electron chi connectivity index (χ1n) is 9.06. The summed E-state index contributed by atoms with van der Waals surface area (Å²) < 4.78 is 15.7. The number of hydrogen-bond acceptors (Lipinski definition) is 6. The zero-order valence-electron chi connectivity index (χ0n) is 16.5. The smallest absolute Gasteiger partial charge is 0.323 e. The largest absolute Gasteiger partial charge is 0.493 e. The molecule has 1 heterocycles. The van der Waals surface area contributed by atoms with Gasteiger partial charge in [-0.1, -0.05) is 11.6 Å². The number of halogens is 1. The van der Waals surface area contributed by atoms with Crippen LogP contribution in [0.25, 0.3) is 0 Å². The van der Waals surface area contributed by atoms with E-state index in [0.29, 0.717) is 35.2 Å². The van der Waals surface area contributed by atoms with Crippen LogP contribution < -0.4 is 14.8 Å². The topological polar surface area (TPSA) is 77.1 Å². The number of fused-ring (bicyclic) bond motifs is 1. The number of nitrogens with one attached hydrogen (secondary N) is 1. The molecule has 3 rings (SSSR count). The molecule has 29 heavy (non-hydrogen) atoms. The van der Waals surface area contributed by atoms with Crippen molar-refractivity contribution in [2.75, 3.05) is 33.2 Å². The second-order valence-corrected chi connectivity index (χ2v) is 7.12. The number of methoxy groups -OCH3 is 3. The lowest BCUT2D eigenvalue weighted by atomic mass is 9.93. The van der Waals surface area contributed by atoms with Gasteiger partial charge in [0.25, 0.3) is 0 Å². The summed E-state index contributed by atoms with van der Waals surface area (Å²) in [6, 6.07) is 10.0. The fraction of sp³-hybridized carbons (Fsp3) is 0.333. The summed E-state index contributed by atoms with van der Waals surface area (Å²) in [7, 11) is 4.48. The van der Waals surface area contributed by atoms with Crippen LogP contribution in [0.4, 0.5) is 5.69 Å². The Morgan fingerprint density at radius 3 is 2.28 bits per heavy atom. The minimum Gasteiger partial charge on any atom is -0.493 e. The number of ether oxygens (including phenoxy) is 3. The number of carbonyl (C=O) groups excluding carboxylic acids is 2. The maximum Gasteiger partial charge on any atom is 0.323 e. The Bertz CT molecular complexity index is 901. The summed E-state index contributed by atoms with van der Waals surface area (Å²) in [5.74, 6) is 0.590. The van der Waals surface area contributed by atoms with Crippen molar-refractivity contribution in [2.45, 2.75) is 19.0 Å². The maximum absolute atomic E-state index is 12.6. The van der Waals surface area contributed by atoms with Gasteiger partial charge < -0.3 is 19.5 Å². The summed E-state index contributed by atoms with van der Waals surface area (Å²) in [4.78, 5) is 26.7. The Labute approximate surface area is 174 Å². The number of hydrogen-bond donors (Lipinski definition) is 1. The summed E-state index contributed by atoms with van der Waals surface area (Å²) >= 11 is 5.88. The van der Waals surface area contributed by atoms with Crippen molar-refractivity contribution in [1.29, 1.82) is 0 Å². The zero-order valence-corrected chi connectivity index (χ0v) is 17.3. The lowest BCUT2D eigenvalue weighted by Crippen LogP contribution is -2.49. The van der Waals surface area contributed by atoms with Crippen molar-refractivity contribution >= 4 is 29.2 Å². The van der Waals surface area contributed by atoms with Gasteiger partial charge in [-0.2, -0.15) is 0 Å². The Balaban J connectivity index is 1.81. The maximum atomic E-state index is 12.6. The Morgan fingerprint density at radius 1 is 1.07 bits per heavy atom. The summed E-state index contributed by atoms with van der Waals surface area (Å²) in [6.07, 6.45) is 0.413. The number of benzene rings is 2. The molecule has 2 aromatic carbocycles. The van der Waals surface area contributed by atoms with E-state index in [4.69, 9.17) is 25.8 Å². The van der Waals surface area contributed by atoms with Crippen LogP contribution >= 0.6 is 11.6 Å². The van der Waals surface area contributed by atoms with Gasteiger partial charge in [0.15, 0.2) is 11.5 Å². The fourth-order valence-electron chi connectivity index (χ4n) is 3.42. The van der Waals surface area contributed by atoms with E-state index in [9.17, 15) is 9.59 Å². The monoisotopic (exact) mass is 418 g/mol. The van der Waals surface area contributed by atoms with E-state index in [0.717, 1.165) is 11.1 Å². The minimum atomic E-state index is -0.568. The quantitative estimate of drug-likeness (QED) is 0.727. The van der Waals surface area contributed by atoms with Crippen molar-refractivity contribution in [2.24, 2.45) is 0 Å². The van der Waals surface area contributed by atoms with Crippen LogP contribution in [0.15, 0.2) is 36.4 Å². The van der Waals surface area contributed by atoms with E-state index in [-0.39, 0.29) is 18.4 Å². The molecule has 154 valence electrons. The minimum absolute atomic E-state index is 0.0379. The third kappa shape index (κ3) is 4.81. The molecule has 1 atom stereocenters. The molecule has 0 saturated carbocycles. The molecule has 0 radical (unpaired) electrons. The van der Waals surface area contributed by atoms with Crippen LogP contribution in [-0.4, -0.2) is 50.7 Å². The van der Waals surface area contributed by atoms with Crippen molar-refractivity contribution < 1.29 is 23.8 Å². The number of anilines is 1. The van der Waals surface area contributed by atoms with Gasteiger partial charge in [-0.05, 0) is 53.9 Å². The molecular weight excluding hydrogens is 396 g/mol. The molecule has 0 bridgehead atoms. The van der Waals surface area contributed by atoms with E-state index >= 15 is 0 Å². The average molecular weight is 419 g/mol. The van der Waals surface area contributed by atoms with Crippen LogP contribution in [0.1, 0.15) is 11.1 Å². The molecule has 0 spiro atoms. The molecular formula is C21H23ClN2O5.